The van der Waals surface area contributed by atoms with Gasteiger partial charge in [0.2, 0.25) is 10.0 Å². The first-order valence-corrected chi connectivity index (χ1v) is 10.9. The smallest absolute Gasteiger partial charge is 0.271 e. The second-order valence-corrected chi connectivity index (χ2v) is 8.99. The molecule has 0 aliphatic heterocycles. The first-order valence-electron chi connectivity index (χ1n) is 7.91. The van der Waals surface area contributed by atoms with E-state index < -0.39 is 39.2 Å². The molecule has 2 aromatic carbocycles. The Labute approximate surface area is 185 Å². The fourth-order valence-corrected chi connectivity index (χ4v) is 3.82. The number of rotatable bonds is 6. The molecule has 0 bridgehead atoms. The van der Waals surface area contributed by atoms with Gasteiger partial charge in [-0.25, -0.2) is 13.8 Å². The standard InChI is InChI=1S/C17H13Cl3F3N3O3S/c1-30(28,29)26(10-5-6-15(20)12(7-10)17(21,22)23)9-16(27)25-24-8-11-13(18)3-2-4-14(11)19/h2-8H,9H2,1H3,(H,25,27)/b24-8-. The molecule has 30 heavy (non-hydrogen) atoms. The van der Waals surface area contributed by atoms with E-state index in [-0.39, 0.29) is 15.7 Å². The second-order valence-electron chi connectivity index (χ2n) is 5.86. The minimum atomic E-state index is -4.81. The molecule has 0 fully saturated rings. The summed E-state index contributed by atoms with van der Waals surface area (Å²) in [6.07, 6.45) is -2.91. The van der Waals surface area contributed by atoms with Crippen molar-refractivity contribution in [1.29, 1.82) is 0 Å². The van der Waals surface area contributed by atoms with Crippen molar-refractivity contribution in [3.05, 3.63) is 62.6 Å². The largest absolute Gasteiger partial charge is 0.417 e. The Morgan fingerprint density at radius 2 is 1.73 bits per heavy atom. The van der Waals surface area contributed by atoms with Crippen LogP contribution in [-0.2, 0) is 21.0 Å². The van der Waals surface area contributed by atoms with Crippen molar-refractivity contribution < 1.29 is 26.4 Å². The Morgan fingerprint density at radius 3 is 2.27 bits per heavy atom. The van der Waals surface area contributed by atoms with Crippen LogP contribution >= 0.6 is 34.8 Å². The summed E-state index contributed by atoms with van der Waals surface area (Å²) in [4.78, 5) is 12.1. The van der Waals surface area contributed by atoms with E-state index in [4.69, 9.17) is 34.8 Å². The molecule has 0 radical (unpaired) electrons. The highest BCUT2D eigenvalue weighted by Crippen LogP contribution is 2.37. The molecule has 0 saturated carbocycles. The molecular formula is C17H13Cl3F3N3O3S. The number of sulfonamides is 1. The van der Waals surface area contributed by atoms with E-state index in [1.165, 1.54) is 0 Å². The molecule has 162 valence electrons. The van der Waals surface area contributed by atoms with Crippen LogP contribution in [0.2, 0.25) is 15.1 Å². The fraction of sp³-hybridized carbons (Fsp3) is 0.176. The van der Waals surface area contributed by atoms with Gasteiger partial charge in [-0.3, -0.25) is 9.10 Å². The van der Waals surface area contributed by atoms with Crippen LogP contribution in [0, 0.1) is 0 Å². The topological polar surface area (TPSA) is 78.8 Å². The number of halogens is 6. The van der Waals surface area contributed by atoms with Gasteiger partial charge in [-0.2, -0.15) is 18.3 Å². The Balaban J connectivity index is 2.24. The maximum atomic E-state index is 13.1. The van der Waals surface area contributed by atoms with Crippen molar-refractivity contribution >= 4 is 62.6 Å². The van der Waals surface area contributed by atoms with Gasteiger partial charge in [-0.1, -0.05) is 40.9 Å². The van der Waals surface area contributed by atoms with Gasteiger partial charge in [0.15, 0.2) is 0 Å². The van der Waals surface area contributed by atoms with Crippen LogP contribution in [0.4, 0.5) is 18.9 Å². The highest BCUT2D eigenvalue weighted by molar-refractivity contribution is 7.92. The number of carbonyl (C=O) groups excluding carboxylic acids is 1. The van der Waals surface area contributed by atoms with Gasteiger partial charge in [0.25, 0.3) is 5.91 Å². The van der Waals surface area contributed by atoms with E-state index in [0.717, 1.165) is 24.6 Å². The van der Waals surface area contributed by atoms with Gasteiger partial charge in [0.05, 0.1) is 38.8 Å². The van der Waals surface area contributed by atoms with Crippen LogP contribution in [0.5, 0.6) is 0 Å². The van der Waals surface area contributed by atoms with Gasteiger partial charge in [0, 0.05) is 5.56 Å². The van der Waals surface area contributed by atoms with Crippen LogP contribution in [0.1, 0.15) is 11.1 Å². The number of amides is 1. The summed E-state index contributed by atoms with van der Waals surface area (Å²) in [5.41, 5.74) is 0.766. The number of hydrazone groups is 1. The summed E-state index contributed by atoms with van der Waals surface area (Å²) in [7, 11) is -4.11. The SMILES string of the molecule is CS(=O)(=O)N(CC(=O)N/N=C\c1c(Cl)cccc1Cl)c1ccc(Cl)c(C(F)(F)F)c1. The molecule has 0 aliphatic carbocycles. The molecule has 0 saturated heterocycles. The van der Waals surface area contributed by atoms with Crippen molar-refractivity contribution in [1.82, 2.24) is 5.43 Å². The number of alkyl halides is 3. The zero-order valence-electron chi connectivity index (χ0n) is 15.0. The van der Waals surface area contributed by atoms with Gasteiger partial charge in [-0.15, -0.1) is 0 Å². The molecule has 0 aliphatic rings. The van der Waals surface area contributed by atoms with Gasteiger partial charge >= 0.3 is 6.18 Å². The fourth-order valence-electron chi connectivity index (χ4n) is 2.25. The first kappa shape index (κ1) is 24.3. The normalized spacial score (nSPS) is 12.2. The molecule has 0 spiro atoms. The lowest BCUT2D eigenvalue weighted by molar-refractivity contribution is -0.137. The van der Waals surface area contributed by atoms with Crippen molar-refractivity contribution in [3.8, 4) is 0 Å². The Bertz CT molecular complexity index is 1070. The van der Waals surface area contributed by atoms with E-state index in [2.05, 4.69) is 10.5 Å². The van der Waals surface area contributed by atoms with E-state index in [1.54, 1.807) is 18.2 Å². The predicted molar refractivity (Wildman–Crippen MR) is 111 cm³/mol. The monoisotopic (exact) mass is 501 g/mol. The lowest BCUT2D eigenvalue weighted by atomic mass is 10.2. The molecular weight excluding hydrogens is 490 g/mol. The molecule has 0 unspecified atom stereocenters. The molecule has 1 amide bonds. The second kappa shape index (κ2) is 9.42. The van der Waals surface area contributed by atoms with Crippen LogP contribution in [0.25, 0.3) is 0 Å². The zero-order valence-corrected chi connectivity index (χ0v) is 18.1. The molecule has 2 rings (SSSR count). The van der Waals surface area contributed by atoms with Crippen molar-refractivity contribution in [3.63, 3.8) is 0 Å². The number of nitrogens with one attached hydrogen (secondary N) is 1. The molecule has 13 heteroatoms. The Kier molecular flexibility index (Phi) is 7.62. The number of carbonyl (C=O) groups is 1. The Hall–Kier alpha value is -2.01. The summed E-state index contributed by atoms with van der Waals surface area (Å²) in [6, 6.07) is 7.18. The Morgan fingerprint density at radius 1 is 1.13 bits per heavy atom. The maximum absolute atomic E-state index is 13.1. The molecule has 1 N–H and O–H groups in total. The minimum Gasteiger partial charge on any atom is -0.271 e. The third kappa shape index (κ3) is 6.24. The van der Waals surface area contributed by atoms with Gasteiger partial charge in [-0.05, 0) is 30.3 Å². The van der Waals surface area contributed by atoms with E-state index in [0.29, 0.717) is 15.9 Å². The predicted octanol–water partition coefficient (Wildman–Crippen LogP) is 4.58. The van der Waals surface area contributed by atoms with Crippen molar-refractivity contribution in [2.75, 3.05) is 17.1 Å². The number of nitrogens with zero attached hydrogens (tertiary/aromatic N) is 2. The van der Waals surface area contributed by atoms with Crippen molar-refractivity contribution in [2.24, 2.45) is 5.10 Å². The van der Waals surface area contributed by atoms with Crippen LogP contribution in [-0.4, -0.2) is 33.3 Å². The highest BCUT2D eigenvalue weighted by Gasteiger charge is 2.34. The lowest BCUT2D eigenvalue weighted by Crippen LogP contribution is -2.39. The summed E-state index contributed by atoms with van der Waals surface area (Å²) >= 11 is 17.5. The van der Waals surface area contributed by atoms with Crippen LogP contribution < -0.4 is 9.73 Å². The lowest BCUT2D eigenvalue weighted by Gasteiger charge is -2.22. The van der Waals surface area contributed by atoms with E-state index >= 15 is 0 Å². The molecule has 6 nitrogen and oxygen atoms in total. The van der Waals surface area contributed by atoms with Crippen LogP contribution in [0.15, 0.2) is 41.5 Å². The van der Waals surface area contributed by atoms with Gasteiger partial charge < -0.3 is 0 Å². The van der Waals surface area contributed by atoms with Crippen LogP contribution in [0.3, 0.4) is 0 Å². The molecule has 0 atom stereocenters. The highest BCUT2D eigenvalue weighted by atomic mass is 35.5. The van der Waals surface area contributed by atoms with E-state index in [9.17, 15) is 26.4 Å². The average molecular weight is 503 g/mol. The third-order valence-electron chi connectivity index (χ3n) is 3.61. The maximum Gasteiger partial charge on any atom is 0.417 e. The number of anilines is 1. The number of hydrogen-bond donors (Lipinski definition) is 1. The van der Waals surface area contributed by atoms with Gasteiger partial charge in [0.1, 0.15) is 6.54 Å². The molecule has 0 heterocycles. The summed E-state index contributed by atoms with van der Waals surface area (Å²) in [6.45, 7) is -0.828. The summed E-state index contributed by atoms with van der Waals surface area (Å²) < 4.78 is 63.8. The molecule has 2 aromatic rings. The first-order chi connectivity index (χ1) is 13.8. The van der Waals surface area contributed by atoms with Crippen molar-refractivity contribution in [2.45, 2.75) is 6.18 Å². The summed E-state index contributed by atoms with van der Waals surface area (Å²) in [5.74, 6) is -0.914. The number of hydrogen-bond acceptors (Lipinski definition) is 4. The quantitative estimate of drug-likeness (QED) is 0.464. The molecule has 0 aromatic heterocycles. The van der Waals surface area contributed by atoms with E-state index in [1.807, 2.05) is 0 Å². The average Bonchev–Trinajstić information content (AvgIpc) is 2.61. The number of benzene rings is 2. The minimum absolute atomic E-state index is 0.263. The summed E-state index contributed by atoms with van der Waals surface area (Å²) in [5, 5.41) is 3.57. The third-order valence-corrected chi connectivity index (χ3v) is 5.74. The zero-order chi connectivity index (χ0) is 22.7.